The summed E-state index contributed by atoms with van der Waals surface area (Å²) < 4.78 is 49.5. The van der Waals surface area contributed by atoms with Gasteiger partial charge in [-0.05, 0) is 0 Å². The predicted molar refractivity (Wildman–Crippen MR) is 23.3 cm³/mol. The summed E-state index contributed by atoms with van der Waals surface area (Å²) >= 11 is 0. The molecule has 0 radical (unpaired) electrons. The third kappa shape index (κ3) is 4.43. The maximum absolute atomic E-state index is 10.6. The van der Waals surface area contributed by atoms with E-state index in [1.54, 1.807) is 0 Å². The normalized spacial score (nSPS) is 11.0. The van der Waals surface area contributed by atoms with Crippen LogP contribution in [-0.4, -0.2) is 22.9 Å². The first kappa shape index (κ1) is 11.1. The Morgan fingerprint density at radius 2 is 1.25 bits per heavy atom. The Kier molecular flexibility index (Phi) is 4.63. The van der Waals surface area contributed by atoms with Gasteiger partial charge in [-0.3, -0.25) is 0 Å². The molecule has 0 rings (SSSR count). The van der Waals surface area contributed by atoms with E-state index in [9.17, 15) is 13.2 Å². The van der Waals surface area contributed by atoms with E-state index in [1.807, 2.05) is 0 Å². The average molecular weight is 162 g/mol. The molecule has 0 aliphatic heterocycles. The second kappa shape index (κ2) is 3.33. The van der Waals surface area contributed by atoms with Crippen molar-refractivity contribution in [1.82, 2.24) is 0 Å². The van der Waals surface area contributed by atoms with Gasteiger partial charge in [0.2, 0.25) is 0 Å². The van der Waals surface area contributed by atoms with E-state index in [0.29, 0.717) is 0 Å². The van der Waals surface area contributed by atoms with Crippen LogP contribution in [0, 0.1) is 0 Å². The molecule has 8 heavy (non-hydrogen) atoms. The molecule has 0 fully saturated rings. The van der Waals surface area contributed by atoms with Crippen molar-refractivity contribution in [1.29, 1.82) is 0 Å². The number of halogens is 3. The van der Waals surface area contributed by atoms with Crippen molar-refractivity contribution in [3.05, 3.63) is 0 Å². The molecule has 0 amide bonds. The van der Waals surface area contributed by atoms with Gasteiger partial charge >= 0.3 is 22.9 Å². The van der Waals surface area contributed by atoms with Crippen LogP contribution in [0.15, 0.2) is 0 Å². The fraction of sp³-hybridized carbons (Fsp3) is 1.00. The van der Waals surface area contributed by atoms with E-state index in [0.717, 1.165) is 0 Å². The third-order valence-electron chi connectivity index (χ3n) is 0.189. The molecule has 0 heterocycles. The first-order valence-electron chi connectivity index (χ1n) is 1.10. The van der Waals surface area contributed by atoms with E-state index in [2.05, 4.69) is 0 Å². The van der Waals surface area contributed by atoms with Gasteiger partial charge in [0.1, 0.15) is 0 Å². The van der Waals surface area contributed by atoms with Crippen molar-refractivity contribution in [2.75, 3.05) is 0 Å². The summed E-state index contributed by atoms with van der Waals surface area (Å²) in [6.45, 7) is 0. The molecule has 7 heteroatoms. The number of hydrogen-bond acceptors (Lipinski definition) is 3. The molecule has 0 aliphatic rings. The van der Waals surface area contributed by atoms with Crippen LogP contribution in [0.2, 0.25) is 0 Å². The van der Waals surface area contributed by atoms with Crippen molar-refractivity contribution >= 4 is 28.1 Å². The molecule has 48 valence electrons. The Balaban J connectivity index is 0. The quantitative estimate of drug-likeness (QED) is 0.368. The Morgan fingerprint density at radius 3 is 1.25 bits per heavy atom. The summed E-state index contributed by atoms with van der Waals surface area (Å²) in [5.74, 6) is 0. The minimum absolute atomic E-state index is 0. The summed E-state index contributed by atoms with van der Waals surface area (Å²) in [5, 5.41) is 0. The number of rotatable bonds is 0. The van der Waals surface area contributed by atoms with E-state index in [4.69, 9.17) is 8.42 Å². The molecule has 0 saturated carbocycles. The molecule has 0 aromatic carbocycles. The van der Waals surface area contributed by atoms with Gasteiger partial charge in [0.05, 0.1) is 0 Å². The monoisotopic (exact) mass is 162 g/mol. The molecule has 2 nitrogen and oxygen atoms in total. The van der Waals surface area contributed by atoms with E-state index < -0.39 is 16.2 Å². The van der Waals surface area contributed by atoms with Crippen LogP contribution in [0.4, 0.5) is 13.2 Å². The topological polar surface area (TPSA) is 34.1 Å². The first-order chi connectivity index (χ1) is 2.94. The fourth-order valence-corrected chi connectivity index (χ4v) is 0. The second-order valence-electron chi connectivity index (χ2n) is 0.680. The molecule has 0 unspecified atom stereocenters. The van der Waals surface area contributed by atoms with Gasteiger partial charge in [-0.2, -0.15) is 13.2 Å². The first-order valence-corrected chi connectivity index (χ1v) is 2.18. The summed E-state index contributed by atoms with van der Waals surface area (Å²) in [5.41, 5.74) is -5.08. The van der Waals surface area contributed by atoms with Crippen molar-refractivity contribution in [2.45, 2.75) is 5.51 Å². The SMILES string of the molecule is O=[S-](=O)C(F)(F)F.[AlH2+]. The van der Waals surface area contributed by atoms with E-state index >= 15 is 0 Å². The summed E-state index contributed by atoms with van der Waals surface area (Å²) in [6, 6.07) is 0. The van der Waals surface area contributed by atoms with Crippen LogP contribution in [0.1, 0.15) is 0 Å². The molecule has 0 saturated heterocycles. The summed E-state index contributed by atoms with van der Waals surface area (Å²) in [6.07, 6.45) is 0. The number of hydrogen-bond donors (Lipinski definition) is 0. The Hall–Kier alpha value is 0.272. The van der Waals surface area contributed by atoms with Gasteiger partial charge in [0.15, 0.2) is 0 Å². The van der Waals surface area contributed by atoms with Gasteiger partial charge < -0.3 is 8.42 Å². The molecule has 0 aliphatic carbocycles. The fourth-order valence-electron chi connectivity index (χ4n) is 0. The minimum atomic E-state index is -5.08. The summed E-state index contributed by atoms with van der Waals surface area (Å²) in [7, 11) is -3.93. The average Bonchev–Trinajstić information content (AvgIpc) is 1.31. The van der Waals surface area contributed by atoms with Crippen LogP contribution in [-0.2, 0) is 19.1 Å². The third-order valence-corrected chi connectivity index (χ3v) is 0.567. The maximum atomic E-state index is 10.6. The van der Waals surface area contributed by atoms with Crippen LogP contribution >= 0.6 is 0 Å². The molecular formula is CH2AlF3O2S. The van der Waals surface area contributed by atoms with Gasteiger partial charge in [-0.1, -0.05) is 0 Å². The predicted octanol–water partition coefficient (Wildman–Crippen LogP) is -0.101. The molecule has 0 atom stereocenters. The molecule has 0 aromatic heterocycles. The van der Waals surface area contributed by atoms with Crippen LogP contribution in [0.25, 0.3) is 0 Å². The van der Waals surface area contributed by atoms with Crippen LogP contribution in [0.5, 0.6) is 0 Å². The molecular weight excluding hydrogens is 160 g/mol. The standard InChI is InChI=1S/CF3O2S.Al.2H/c2-1(3,4)7(5)6;;;/q-1;+1;;. The van der Waals surface area contributed by atoms with Crippen molar-refractivity contribution < 1.29 is 21.6 Å². The van der Waals surface area contributed by atoms with Gasteiger partial charge in [0, 0.05) is 10.7 Å². The molecule has 0 spiro atoms. The van der Waals surface area contributed by atoms with Crippen LogP contribution in [0.3, 0.4) is 0 Å². The van der Waals surface area contributed by atoms with E-state index in [-0.39, 0.29) is 17.4 Å². The zero-order valence-electron chi connectivity index (χ0n) is 3.86. The molecule has 0 bridgehead atoms. The molecule has 0 aromatic rings. The number of alkyl halides is 3. The zero-order chi connectivity index (χ0) is 6.08. The van der Waals surface area contributed by atoms with Crippen molar-refractivity contribution in [2.24, 2.45) is 0 Å². The molecule has 0 N–H and O–H groups in total. The van der Waals surface area contributed by atoms with Crippen LogP contribution < -0.4 is 0 Å². The zero-order valence-corrected chi connectivity index (χ0v) is 6.68. The van der Waals surface area contributed by atoms with E-state index in [1.165, 1.54) is 0 Å². The second-order valence-corrected chi connectivity index (χ2v) is 1.61. The Labute approximate surface area is 55.8 Å². The van der Waals surface area contributed by atoms with Crippen molar-refractivity contribution in [3.8, 4) is 0 Å². The Morgan fingerprint density at radius 1 is 1.12 bits per heavy atom. The van der Waals surface area contributed by atoms with Gasteiger partial charge in [-0.25, -0.2) is 0 Å². The summed E-state index contributed by atoms with van der Waals surface area (Å²) in [4.78, 5) is 0. The van der Waals surface area contributed by atoms with Gasteiger partial charge in [0.25, 0.3) is 0 Å². The van der Waals surface area contributed by atoms with Crippen molar-refractivity contribution in [3.63, 3.8) is 0 Å². The van der Waals surface area contributed by atoms with Gasteiger partial charge in [-0.15, -0.1) is 0 Å². The Bertz CT molecular complexity index is 118.